The van der Waals surface area contributed by atoms with E-state index in [0.29, 0.717) is 119 Å². The molecule has 0 radical (unpaired) electrons. The number of methoxy groups -OCH3 is 2. The lowest BCUT2D eigenvalue weighted by Crippen LogP contribution is -2.33. The molecule has 0 N–H and O–H groups in total. The molecule has 25 heteroatoms. The van der Waals surface area contributed by atoms with Crippen molar-refractivity contribution in [2.24, 2.45) is 0 Å². The molecule has 0 saturated carbocycles. The number of carbonyl (C=O) groups is 4. The summed E-state index contributed by atoms with van der Waals surface area (Å²) in [5.41, 5.74) is 9.11. The highest BCUT2D eigenvalue weighted by atomic mass is 32.1. The Bertz CT molecular complexity index is 5120. The van der Waals surface area contributed by atoms with Crippen LogP contribution in [0.3, 0.4) is 0 Å². The van der Waals surface area contributed by atoms with E-state index >= 15 is 9.59 Å². The molecular formula is C86H98N6O10S9. The van der Waals surface area contributed by atoms with Gasteiger partial charge in [-0.3, -0.25) is 29.0 Å². The first-order chi connectivity index (χ1) is 54.5. The number of unbranched alkanes of at least 4 members (excludes halogenated alkanes) is 18. The Kier molecular flexibility index (Phi) is 28.9. The third kappa shape index (κ3) is 18.2. The van der Waals surface area contributed by atoms with Gasteiger partial charge in [-0.2, -0.15) is 17.5 Å². The summed E-state index contributed by atoms with van der Waals surface area (Å²) in [6.07, 6.45) is 28.2. The minimum Gasteiger partial charge on any atom is -0.382 e. The van der Waals surface area contributed by atoms with E-state index in [1.807, 2.05) is 53.9 Å². The average Bonchev–Trinajstić information content (AvgIpc) is 1.57. The Labute approximate surface area is 687 Å². The maximum atomic E-state index is 15.5. The smallest absolute Gasteiger partial charge is 0.262 e. The fourth-order valence-electron chi connectivity index (χ4n) is 15.4. The highest BCUT2D eigenvalue weighted by molar-refractivity contribution is 7.29. The maximum absolute atomic E-state index is 15.5. The zero-order valence-electron chi connectivity index (χ0n) is 64.4. The standard InChI is InChI=1S/C86H98N6O10S9/c1-7-9-11-13-15-17-19-21-23-25-27-55-57-51-54(4)104-81(57)56(28-26-24-22-20-18-16-14-12-10-8-2)58-52-68(109-82(55)58)63-35-38-67(108-63)72-76-75(85(95)92(86(76)96)40-42-100-48-50-102-46-44-98-6)71(79-80(72)90-111-89-79)66-37-34-62(107-66)60-32-31-59(105-60)61-33-36-65(106-61)70-74-73(69(64-30-29-53(3)103-64)77-78(70)88-110-87-77)83(93)91(84(74)94)39-41-99-47-49-101-45-43-97-5/h29-38,51-52H,7-28,39-50H2,1-6H3. The number of carbonyl (C=O) groups excluding carboxylic acids is 4. The number of thiophene rings is 7. The zero-order chi connectivity index (χ0) is 76.7. The summed E-state index contributed by atoms with van der Waals surface area (Å²) in [6.45, 7) is 12.4. The Morgan fingerprint density at radius 3 is 0.982 bits per heavy atom. The number of imide groups is 2. The van der Waals surface area contributed by atoms with Crippen LogP contribution >= 0.6 is 103 Å². The van der Waals surface area contributed by atoms with Gasteiger partial charge >= 0.3 is 0 Å². The predicted molar refractivity (Wildman–Crippen MR) is 465 cm³/mol. The lowest BCUT2D eigenvalue weighted by molar-refractivity contribution is 0.0195. The molecule has 111 heavy (non-hydrogen) atoms. The largest absolute Gasteiger partial charge is 0.382 e. The third-order valence-corrected chi connectivity index (χ3v) is 30.4. The molecule has 2 aliphatic heterocycles. The van der Waals surface area contributed by atoms with Crippen LogP contribution in [0, 0.1) is 13.8 Å². The zero-order valence-corrected chi connectivity index (χ0v) is 71.8. The van der Waals surface area contributed by atoms with E-state index in [1.54, 1.807) is 59.6 Å². The van der Waals surface area contributed by atoms with Crippen molar-refractivity contribution in [3.63, 3.8) is 0 Å². The Morgan fingerprint density at radius 2 is 0.613 bits per heavy atom. The van der Waals surface area contributed by atoms with E-state index in [4.69, 9.17) is 45.9 Å². The Balaban J connectivity index is 0.769. The number of fused-ring (bicyclic) bond motifs is 6. The molecule has 0 bridgehead atoms. The number of ether oxygens (including phenoxy) is 6. The van der Waals surface area contributed by atoms with Crippen LogP contribution < -0.4 is 0 Å². The average molecular weight is 1660 g/mol. The van der Waals surface area contributed by atoms with Crippen molar-refractivity contribution in [1.29, 1.82) is 0 Å². The van der Waals surface area contributed by atoms with Crippen molar-refractivity contribution in [3.05, 3.63) is 116 Å². The van der Waals surface area contributed by atoms with Gasteiger partial charge in [-0.05, 0) is 134 Å². The van der Waals surface area contributed by atoms with Gasteiger partial charge in [-0.15, -0.1) is 79.4 Å². The van der Waals surface area contributed by atoms with E-state index in [2.05, 4.69) is 69.3 Å². The summed E-state index contributed by atoms with van der Waals surface area (Å²) in [4.78, 5) is 75.2. The van der Waals surface area contributed by atoms with Crippen LogP contribution in [0.25, 0.3) is 113 Å². The molecule has 0 spiro atoms. The number of nitrogens with zero attached hydrogens (tertiary/aromatic N) is 6. The van der Waals surface area contributed by atoms with Gasteiger partial charge in [0, 0.05) is 104 Å². The molecule has 16 nitrogen and oxygen atoms in total. The van der Waals surface area contributed by atoms with E-state index in [-0.39, 0.29) is 44.0 Å². The molecule has 0 saturated heterocycles. The van der Waals surface area contributed by atoms with Gasteiger partial charge in [0.15, 0.2) is 0 Å². The van der Waals surface area contributed by atoms with Crippen LogP contribution in [0.2, 0.25) is 0 Å². The summed E-state index contributed by atoms with van der Waals surface area (Å²) in [5.74, 6) is -1.55. The van der Waals surface area contributed by atoms with Crippen LogP contribution in [0.1, 0.15) is 205 Å². The first kappa shape index (κ1) is 81.3. The minimum atomic E-state index is -0.394. The van der Waals surface area contributed by atoms with Crippen LogP contribution in [-0.2, 0) is 41.3 Å². The molecule has 9 aromatic heterocycles. The molecular weight excluding hydrogens is 1570 g/mol. The summed E-state index contributed by atoms with van der Waals surface area (Å²) < 4.78 is 56.0. The second kappa shape index (κ2) is 39.4. The highest BCUT2D eigenvalue weighted by Crippen LogP contribution is 2.54. The van der Waals surface area contributed by atoms with Gasteiger partial charge in [0.25, 0.3) is 23.6 Å². The fourth-order valence-corrected chi connectivity index (χ4v) is 24.3. The molecule has 11 heterocycles. The summed E-state index contributed by atoms with van der Waals surface area (Å²) in [7, 11) is 3.25. The van der Waals surface area contributed by atoms with Gasteiger partial charge in [-0.25, -0.2) is 0 Å². The Hall–Kier alpha value is -6.24. The summed E-state index contributed by atoms with van der Waals surface area (Å²) in [6, 6.07) is 25.7. The highest BCUT2D eigenvalue weighted by Gasteiger charge is 2.45. The normalized spacial score (nSPS) is 13.2. The molecule has 4 amide bonds. The van der Waals surface area contributed by atoms with Crippen LogP contribution in [0.4, 0.5) is 0 Å². The number of aryl methyl sites for hydroxylation is 4. The van der Waals surface area contributed by atoms with E-state index in [9.17, 15) is 9.59 Å². The van der Waals surface area contributed by atoms with Gasteiger partial charge in [0.05, 0.1) is 125 Å². The quantitative estimate of drug-likeness (QED) is 0.0259. The van der Waals surface area contributed by atoms with Crippen molar-refractivity contribution in [2.75, 3.05) is 93.4 Å². The van der Waals surface area contributed by atoms with Crippen molar-refractivity contribution < 1.29 is 47.6 Å². The van der Waals surface area contributed by atoms with Gasteiger partial charge in [-0.1, -0.05) is 129 Å². The number of rotatable bonds is 47. The van der Waals surface area contributed by atoms with E-state index in [0.717, 1.165) is 85.1 Å². The number of aromatic nitrogens is 4. The third-order valence-electron chi connectivity index (χ3n) is 21.0. The van der Waals surface area contributed by atoms with Crippen LogP contribution in [0.15, 0.2) is 72.8 Å². The lowest BCUT2D eigenvalue weighted by Gasteiger charge is -2.14. The molecule has 3 aromatic carbocycles. The summed E-state index contributed by atoms with van der Waals surface area (Å²) >= 11 is 14.0. The van der Waals surface area contributed by atoms with Gasteiger partial charge in [0.2, 0.25) is 0 Å². The van der Waals surface area contributed by atoms with Crippen LogP contribution in [-0.4, -0.2) is 144 Å². The molecule has 0 unspecified atom stereocenters. The monoisotopic (exact) mass is 1660 g/mol. The second-order valence-electron chi connectivity index (χ2n) is 28.7. The molecule has 586 valence electrons. The summed E-state index contributed by atoms with van der Waals surface area (Å²) in [5, 5.41) is 2.84. The number of hydrogen-bond acceptors (Lipinski definition) is 23. The molecule has 0 aliphatic carbocycles. The maximum Gasteiger partial charge on any atom is 0.262 e. The number of benzene rings is 3. The fraction of sp³-hybridized carbons (Fsp3) is 0.465. The predicted octanol–water partition coefficient (Wildman–Crippen LogP) is 24.2. The van der Waals surface area contributed by atoms with Crippen molar-refractivity contribution in [2.45, 2.75) is 169 Å². The second-order valence-corrected chi connectivity index (χ2v) is 37.7. The Morgan fingerprint density at radius 1 is 0.306 bits per heavy atom. The van der Waals surface area contributed by atoms with Crippen molar-refractivity contribution in [3.8, 4) is 71.0 Å². The first-order valence-electron chi connectivity index (χ1n) is 39.6. The van der Waals surface area contributed by atoms with Crippen molar-refractivity contribution >= 4 is 169 Å². The van der Waals surface area contributed by atoms with E-state index in [1.165, 1.54) is 191 Å². The van der Waals surface area contributed by atoms with E-state index < -0.39 is 5.91 Å². The van der Waals surface area contributed by atoms with Gasteiger partial charge < -0.3 is 28.4 Å². The number of hydrogen-bond donors (Lipinski definition) is 0. The molecule has 2 aliphatic rings. The molecule has 0 fully saturated rings. The van der Waals surface area contributed by atoms with Gasteiger partial charge in [0.1, 0.15) is 22.1 Å². The topological polar surface area (TPSA) is 182 Å². The van der Waals surface area contributed by atoms with Crippen LogP contribution in [0.5, 0.6) is 0 Å². The lowest BCUT2D eigenvalue weighted by atomic mass is 9.93. The molecule has 0 atom stereocenters. The molecule has 12 aromatic rings. The minimum absolute atomic E-state index is 0.0516. The van der Waals surface area contributed by atoms with Crippen molar-refractivity contribution in [1.82, 2.24) is 27.3 Å². The number of amides is 4. The molecule has 14 rings (SSSR count). The SMILES string of the molecule is CCCCCCCCCCCCc1c2cc(-c3ccc(-c4c5c(c(-c6ccc(-c7ccc(-c8ccc(-c9c%10c(c(-c%11ccc(C)s%11)c%11nsnc9%11)C(=O)N(CCOCCOCCOC)C%10=O)s8)s7)s6)c6nsnc46)C(=O)N(CCOCCOCCOC)C5=O)s3)sc2c(CCCCCCCCCCCC)c2cc(C)sc12. The first-order valence-corrected chi connectivity index (χ1v) is 46.8.